The summed E-state index contributed by atoms with van der Waals surface area (Å²) in [6.45, 7) is 0.145. The second-order valence-electron chi connectivity index (χ2n) is 4.50. The van der Waals surface area contributed by atoms with E-state index in [9.17, 15) is 4.79 Å². The average Bonchev–Trinajstić information content (AvgIpc) is 2.97. The molecule has 0 bridgehead atoms. The molecule has 5 nitrogen and oxygen atoms in total. The van der Waals surface area contributed by atoms with Crippen molar-refractivity contribution in [3.8, 4) is 6.07 Å². The smallest absolute Gasteiger partial charge is 0.359 e. The number of benzene rings is 2. The normalized spacial score (nSPS) is 10.2. The number of rotatable bonds is 3. The Morgan fingerprint density at radius 3 is 2.71 bits per heavy atom. The summed E-state index contributed by atoms with van der Waals surface area (Å²) in [6.07, 6.45) is 0. The fraction of sp³-hybridized carbons (Fsp3) is 0.0625. The second kappa shape index (κ2) is 5.47. The van der Waals surface area contributed by atoms with Gasteiger partial charge in [0.1, 0.15) is 6.61 Å². The van der Waals surface area contributed by atoms with E-state index in [0.717, 1.165) is 16.5 Å². The Labute approximate surface area is 120 Å². The van der Waals surface area contributed by atoms with Crippen LogP contribution in [0.15, 0.2) is 48.5 Å². The fourth-order valence-electron chi connectivity index (χ4n) is 2.01. The first kappa shape index (κ1) is 12.9. The maximum Gasteiger partial charge on any atom is 0.359 e. The Kier molecular flexibility index (Phi) is 3.36. The summed E-state index contributed by atoms with van der Waals surface area (Å²) in [5.74, 6) is -0.475. The van der Waals surface area contributed by atoms with Crippen LogP contribution in [0, 0.1) is 11.3 Å². The Balaban J connectivity index is 1.73. The van der Waals surface area contributed by atoms with Gasteiger partial charge in [-0.1, -0.05) is 30.3 Å². The lowest BCUT2D eigenvalue weighted by Crippen LogP contribution is -2.06. The summed E-state index contributed by atoms with van der Waals surface area (Å²) >= 11 is 0. The van der Waals surface area contributed by atoms with Crippen LogP contribution in [0.5, 0.6) is 0 Å². The highest BCUT2D eigenvalue weighted by Crippen LogP contribution is 2.16. The van der Waals surface area contributed by atoms with Crippen molar-refractivity contribution in [1.29, 1.82) is 5.26 Å². The summed E-state index contributed by atoms with van der Waals surface area (Å²) in [7, 11) is 0. The van der Waals surface area contributed by atoms with Crippen molar-refractivity contribution in [3.05, 3.63) is 65.4 Å². The van der Waals surface area contributed by atoms with Crippen LogP contribution in [-0.2, 0) is 11.3 Å². The number of para-hydroxylation sites is 1. The molecule has 1 N–H and O–H groups in total. The van der Waals surface area contributed by atoms with Crippen LogP contribution in [0.3, 0.4) is 0 Å². The molecule has 0 aliphatic rings. The minimum atomic E-state index is -0.475. The lowest BCUT2D eigenvalue weighted by atomic mass is 10.1. The highest BCUT2D eigenvalue weighted by atomic mass is 16.5. The van der Waals surface area contributed by atoms with Crippen molar-refractivity contribution in [2.24, 2.45) is 0 Å². The van der Waals surface area contributed by atoms with Crippen LogP contribution >= 0.6 is 0 Å². The molecule has 0 atom stereocenters. The first-order chi connectivity index (χ1) is 10.3. The van der Waals surface area contributed by atoms with E-state index in [1.807, 2.05) is 30.3 Å². The predicted octanol–water partition coefficient (Wildman–Crippen LogP) is 2.79. The van der Waals surface area contributed by atoms with Gasteiger partial charge in [-0.3, -0.25) is 5.10 Å². The number of hydrogen-bond donors (Lipinski definition) is 1. The van der Waals surface area contributed by atoms with E-state index in [-0.39, 0.29) is 12.3 Å². The molecule has 0 radical (unpaired) electrons. The second-order valence-corrected chi connectivity index (χ2v) is 4.50. The van der Waals surface area contributed by atoms with E-state index in [1.165, 1.54) is 0 Å². The van der Waals surface area contributed by atoms with Crippen molar-refractivity contribution in [3.63, 3.8) is 0 Å². The average molecular weight is 277 g/mol. The Bertz CT molecular complexity index is 829. The van der Waals surface area contributed by atoms with Gasteiger partial charge in [0, 0.05) is 5.39 Å². The molecule has 0 unspecified atom stereocenters. The predicted molar refractivity (Wildman–Crippen MR) is 76.4 cm³/mol. The largest absolute Gasteiger partial charge is 0.456 e. The highest BCUT2D eigenvalue weighted by molar-refractivity contribution is 6.01. The number of carbonyl (C=O) groups excluding carboxylic acids is 1. The standard InChI is InChI=1S/C16H11N3O2/c17-9-11-5-7-12(8-6-11)10-21-16(20)15-13-3-1-2-4-14(13)18-19-15/h1-8H,10H2,(H,18,19). The van der Waals surface area contributed by atoms with Gasteiger partial charge in [0.05, 0.1) is 17.1 Å². The lowest BCUT2D eigenvalue weighted by Gasteiger charge is -2.03. The van der Waals surface area contributed by atoms with E-state index in [2.05, 4.69) is 10.2 Å². The summed E-state index contributed by atoms with van der Waals surface area (Å²) < 4.78 is 5.25. The van der Waals surface area contributed by atoms with Gasteiger partial charge in [-0.25, -0.2) is 4.79 Å². The number of fused-ring (bicyclic) bond motifs is 1. The molecule has 0 saturated heterocycles. The van der Waals surface area contributed by atoms with E-state index < -0.39 is 5.97 Å². The number of nitriles is 1. The Morgan fingerprint density at radius 1 is 1.19 bits per heavy atom. The van der Waals surface area contributed by atoms with Crippen LogP contribution in [0.2, 0.25) is 0 Å². The molecule has 1 aromatic heterocycles. The molecule has 21 heavy (non-hydrogen) atoms. The molecule has 1 heterocycles. The van der Waals surface area contributed by atoms with Crippen LogP contribution < -0.4 is 0 Å². The number of nitrogens with one attached hydrogen (secondary N) is 1. The van der Waals surface area contributed by atoms with Gasteiger partial charge in [-0.2, -0.15) is 10.4 Å². The number of nitrogens with zero attached hydrogens (tertiary/aromatic N) is 2. The van der Waals surface area contributed by atoms with Crippen molar-refractivity contribution >= 4 is 16.9 Å². The topological polar surface area (TPSA) is 78.8 Å². The number of aromatic amines is 1. The molecule has 0 amide bonds. The Morgan fingerprint density at radius 2 is 1.95 bits per heavy atom. The van der Waals surface area contributed by atoms with Crippen molar-refractivity contribution in [2.45, 2.75) is 6.61 Å². The number of H-pyrrole nitrogens is 1. The lowest BCUT2D eigenvalue weighted by molar-refractivity contribution is 0.0468. The third kappa shape index (κ3) is 2.60. The summed E-state index contributed by atoms with van der Waals surface area (Å²) in [4.78, 5) is 12.1. The van der Waals surface area contributed by atoms with Gasteiger partial charge in [-0.05, 0) is 23.8 Å². The van der Waals surface area contributed by atoms with Crippen LogP contribution in [0.1, 0.15) is 21.6 Å². The fourth-order valence-corrected chi connectivity index (χ4v) is 2.01. The van der Waals surface area contributed by atoms with E-state index in [4.69, 9.17) is 10.00 Å². The molecule has 3 aromatic rings. The molecule has 3 rings (SSSR count). The monoisotopic (exact) mass is 277 g/mol. The molecular formula is C16H11N3O2. The molecule has 0 fully saturated rings. The molecular weight excluding hydrogens is 266 g/mol. The number of ether oxygens (including phenoxy) is 1. The van der Waals surface area contributed by atoms with Crippen LogP contribution in [0.25, 0.3) is 10.9 Å². The molecule has 0 aliphatic carbocycles. The third-order valence-electron chi connectivity index (χ3n) is 3.12. The molecule has 5 heteroatoms. The van der Waals surface area contributed by atoms with Gasteiger partial charge in [0.2, 0.25) is 0 Å². The first-order valence-electron chi connectivity index (χ1n) is 6.37. The SMILES string of the molecule is N#Cc1ccc(COC(=O)c2n[nH]c3ccccc23)cc1. The molecule has 102 valence electrons. The van der Waals surface area contributed by atoms with Gasteiger partial charge in [0.25, 0.3) is 0 Å². The zero-order chi connectivity index (χ0) is 14.7. The van der Waals surface area contributed by atoms with Crippen molar-refractivity contribution in [1.82, 2.24) is 10.2 Å². The van der Waals surface area contributed by atoms with E-state index in [0.29, 0.717) is 5.56 Å². The van der Waals surface area contributed by atoms with Crippen LogP contribution in [0.4, 0.5) is 0 Å². The third-order valence-corrected chi connectivity index (χ3v) is 3.12. The quantitative estimate of drug-likeness (QED) is 0.746. The summed E-state index contributed by atoms with van der Waals surface area (Å²) in [5.41, 5.74) is 2.47. The molecule has 0 saturated carbocycles. The minimum Gasteiger partial charge on any atom is -0.456 e. The molecule has 0 aliphatic heterocycles. The molecule has 0 spiro atoms. The van der Waals surface area contributed by atoms with Gasteiger partial charge < -0.3 is 4.74 Å². The number of hydrogen-bond acceptors (Lipinski definition) is 4. The summed E-state index contributed by atoms with van der Waals surface area (Å²) in [6, 6.07) is 16.3. The summed E-state index contributed by atoms with van der Waals surface area (Å²) in [5, 5.41) is 16.3. The zero-order valence-electron chi connectivity index (χ0n) is 11.0. The van der Waals surface area contributed by atoms with Crippen molar-refractivity contribution < 1.29 is 9.53 Å². The van der Waals surface area contributed by atoms with Crippen molar-refractivity contribution in [2.75, 3.05) is 0 Å². The van der Waals surface area contributed by atoms with Crippen LogP contribution in [-0.4, -0.2) is 16.2 Å². The maximum atomic E-state index is 12.1. The number of esters is 1. The molecule has 2 aromatic carbocycles. The van der Waals surface area contributed by atoms with Gasteiger partial charge in [-0.15, -0.1) is 0 Å². The maximum absolute atomic E-state index is 12.1. The number of aromatic nitrogens is 2. The zero-order valence-corrected chi connectivity index (χ0v) is 11.0. The minimum absolute atomic E-state index is 0.145. The van der Waals surface area contributed by atoms with E-state index in [1.54, 1.807) is 24.3 Å². The first-order valence-corrected chi connectivity index (χ1v) is 6.37. The van der Waals surface area contributed by atoms with Gasteiger partial charge >= 0.3 is 5.97 Å². The van der Waals surface area contributed by atoms with Gasteiger partial charge in [0.15, 0.2) is 5.69 Å². The Hall–Kier alpha value is -3.13. The number of carbonyl (C=O) groups is 1. The highest BCUT2D eigenvalue weighted by Gasteiger charge is 2.15. The van der Waals surface area contributed by atoms with E-state index >= 15 is 0 Å².